The molecule has 0 aliphatic heterocycles. The molecule has 6 heteroatoms. The van der Waals surface area contributed by atoms with Gasteiger partial charge in [-0.25, -0.2) is 0 Å². The summed E-state index contributed by atoms with van der Waals surface area (Å²) in [6.45, 7) is 4.13. The second-order valence-corrected chi connectivity index (χ2v) is 7.32. The number of halogens is 1. The Kier molecular flexibility index (Phi) is 6.82. The van der Waals surface area contributed by atoms with Gasteiger partial charge in [0.25, 0.3) is 0 Å². The molecule has 1 heterocycles. The molecule has 0 radical (unpaired) electrons. The Balaban J connectivity index is 1.71. The van der Waals surface area contributed by atoms with Gasteiger partial charge >= 0.3 is 0 Å². The zero-order chi connectivity index (χ0) is 19.9. The number of hydrogen-bond acceptors (Lipinski definition) is 4. The summed E-state index contributed by atoms with van der Waals surface area (Å²) >= 11 is 6.05. The summed E-state index contributed by atoms with van der Waals surface area (Å²) in [6, 6.07) is 16.9. The second kappa shape index (κ2) is 9.51. The van der Waals surface area contributed by atoms with Crippen LogP contribution >= 0.6 is 11.6 Å². The lowest BCUT2D eigenvalue weighted by molar-refractivity contribution is -0.122. The molecule has 0 unspecified atom stereocenters. The molecule has 3 aromatic rings. The van der Waals surface area contributed by atoms with E-state index in [1.54, 1.807) is 12.1 Å². The highest BCUT2D eigenvalue weighted by atomic mass is 35.5. The van der Waals surface area contributed by atoms with Gasteiger partial charge in [-0.05, 0) is 30.0 Å². The van der Waals surface area contributed by atoms with E-state index in [9.17, 15) is 4.79 Å². The van der Waals surface area contributed by atoms with E-state index >= 15 is 0 Å². The third kappa shape index (κ3) is 5.20. The number of amides is 1. The highest BCUT2D eigenvalue weighted by Gasteiger charge is 2.26. The number of rotatable bonds is 8. The lowest BCUT2D eigenvalue weighted by atomic mass is 9.98. The summed E-state index contributed by atoms with van der Waals surface area (Å²) in [4.78, 5) is 17.0. The predicted molar refractivity (Wildman–Crippen MR) is 110 cm³/mol. The van der Waals surface area contributed by atoms with Gasteiger partial charge in [0.1, 0.15) is 6.04 Å². The number of aryl methyl sites for hydroxylation is 1. The van der Waals surface area contributed by atoms with Crippen LogP contribution in [0.25, 0.3) is 11.4 Å². The first kappa shape index (κ1) is 20.1. The zero-order valence-corrected chi connectivity index (χ0v) is 16.8. The van der Waals surface area contributed by atoms with E-state index in [1.165, 1.54) is 0 Å². The van der Waals surface area contributed by atoms with Crippen LogP contribution < -0.4 is 5.32 Å². The highest BCUT2D eigenvalue weighted by molar-refractivity contribution is 6.30. The van der Waals surface area contributed by atoms with Gasteiger partial charge in [-0.3, -0.25) is 4.79 Å². The molecular weight excluding hydrogens is 374 g/mol. The lowest BCUT2D eigenvalue weighted by Crippen LogP contribution is -2.32. The van der Waals surface area contributed by atoms with Crippen molar-refractivity contribution in [2.24, 2.45) is 5.92 Å². The molecule has 3 rings (SSSR count). The number of carbonyl (C=O) groups excluding carboxylic acids is 1. The fraction of sp³-hybridized carbons (Fsp3) is 0.318. The van der Waals surface area contributed by atoms with E-state index in [0.717, 1.165) is 17.5 Å². The largest absolute Gasteiger partial charge is 0.344 e. The third-order valence-corrected chi connectivity index (χ3v) is 5.04. The first-order chi connectivity index (χ1) is 13.6. The van der Waals surface area contributed by atoms with Crippen LogP contribution in [0.3, 0.4) is 0 Å². The van der Waals surface area contributed by atoms with Crippen molar-refractivity contribution in [1.29, 1.82) is 0 Å². The average molecular weight is 398 g/mol. The van der Waals surface area contributed by atoms with Crippen molar-refractivity contribution in [3.63, 3.8) is 0 Å². The Hall–Kier alpha value is -2.66. The molecule has 28 heavy (non-hydrogen) atoms. The third-order valence-electron chi connectivity index (χ3n) is 4.80. The molecule has 146 valence electrons. The summed E-state index contributed by atoms with van der Waals surface area (Å²) in [5.41, 5.74) is 1.92. The summed E-state index contributed by atoms with van der Waals surface area (Å²) in [6.07, 6.45) is 1.97. The smallest absolute Gasteiger partial charge is 0.249 e. The van der Waals surface area contributed by atoms with Gasteiger partial charge in [0, 0.05) is 17.0 Å². The number of nitrogens with zero attached hydrogens (tertiary/aromatic N) is 2. The molecule has 2 atom stereocenters. The maximum Gasteiger partial charge on any atom is 0.249 e. The zero-order valence-electron chi connectivity index (χ0n) is 16.1. The highest BCUT2D eigenvalue weighted by Crippen LogP contribution is 2.26. The fourth-order valence-corrected chi connectivity index (χ4v) is 3.13. The van der Waals surface area contributed by atoms with Gasteiger partial charge < -0.3 is 9.84 Å². The van der Waals surface area contributed by atoms with Crippen LogP contribution in [-0.2, 0) is 11.2 Å². The number of aromatic nitrogens is 2. The summed E-state index contributed by atoms with van der Waals surface area (Å²) < 4.78 is 5.49. The van der Waals surface area contributed by atoms with Gasteiger partial charge in [-0.2, -0.15) is 4.98 Å². The van der Waals surface area contributed by atoms with Gasteiger partial charge in [0.2, 0.25) is 17.6 Å². The Morgan fingerprint density at radius 3 is 2.68 bits per heavy atom. The Labute approximate surface area is 170 Å². The van der Waals surface area contributed by atoms with Crippen LogP contribution in [0.1, 0.15) is 44.2 Å². The van der Waals surface area contributed by atoms with Crippen LogP contribution in [0.2, 0.25) is 5.02 Å². The Bertz CT molecular complexity index is 911. The number of benzene rings is 2. The van der Waals surface area contributed by atoms with E-state index in [0.29, 0.717) is 29.6 Å². The minimum Gasteiger partial charge on any atom is -0.344 e. The second-order valence-electron chi connectivity index (χ2n) is 6.88. The topological polar surface area (TPSA) is 68.0 Å². The number of hydrogen-bond donors (Lipinski definition) is 1. The van der Waals surface area contributed by atoms with Crippen molar-refractivity contribution in [3.05, 3.63) is 71.1 Å². The summed E-state index contributed by atoms with van der Waals surface area (Å²) in [7, 11) is 0. The fourth-order valence-electron chi connectivity index (χ4n) is 2.94. The van der Waals surface area contributed by atoms with E-state index in [-0.39, 0.29) is 17.9 Å². The molecule has 0 spiro atoms. The number of nitrogens with one attached hydrogen (secondary N) is 1. The molecule has 1 amide bonds. The minimum absolute atomic E-state index is 0.0309. The lowest BCUT2D eigenvalue weighted by Gasteiger charge is -2.20. The van der Waals surface area contributed by atoms with Gasteiger partial charge in [0.15, 0.2) is 0 Å². The SMILES string of the molecule is CC[C@H](C)[C@H](NC(=O)CCc1ccccc1)c1nc(-c2cccc(Cl)c2)no1. The molecule has 5 nitrogen and oxygen atoms in total. The summed E-state index contributed by atoms with van der Waals surface area (Å²) in [5, 5.41) is 7.75. The first-order valence-electron chi connectivity index (χ1n) is 9.49. The molecule has 1 N–H and O–H groups in total. The Morgan fingerprint density at radius 1 is 1.18 bits per heavy atom. The molecular formula is C22H24ClN3O2. The minimum atomic E-state index is -0.325. The normalized spacial score (nSPS) is 13.1. The van der Waals surface area contributed by atoms with Crippen LogP contribution in [-0.4, -0.2) is 16.0 Å². The monoisotopic (exact) mass is 397 g/mol. The summed E-state index contributed by atoms with van der Waals surface area (Å²) in [5.74, 6) is 1.01. The average Bonchev–Trinajstić information content (AvgIpc) is 3.20. The van der Waals surface area contributed by atoms with E-state index in [2.05, 4.69) is 29.3 Å². The standard InChI is InChI=1S/C22H24ClN3O2/c1-3-15(2)20(24-19(27)13-12-16-8-5-4-6-9-16)22-25-21(26-28-22)17-10-7-11-18(23)14-17/h4-11,14-15,20H,3,12-13H2,1-2H3,(H,24,27)/t15-,20-/m0/s1. The molecule has 0 saturated heterocycles. The van der Waals surface area contributed by atoms with E-state index in [4.69, 9.17) is 16.1 Å². The van der Waals surface area contributed by atoms with Crippen molar-refractivity contribution in [1.82, 2.24) is 15.5 Å². The molecule has 1 aromatic heterocycles. The Morgan fingerprint density at radius 2 is 1.96 bits per heavy atom. The molecule has 0 aliphatic carbocycles. The van der Waals surface area contributed by atoms with Gasteiger partial charge in [0.05, 0.1) is 0 Å². The van der Waals surface area contributed by atoms with E-state index < -0.39 is 0 Å². The molecule has 0 saturated carbocycles. The molecule has 2 aromatic carbocycles. The predicted octanol–water partition coefficient (Wildman–Crippen LogP) is 5.23. The van der Waals surface area contributed by atoms with Crippen molar-refractivity contribution in [2.75, 3.05) is 0 Å². The first-order valence-corrected chi connectivity index (χ1v) is 9.87. The van der Waals surface area contributed by atoms with Gasteiger partial charge in [-0.15, -0.1) is 0 Å². The molecule has 0 aliphatic rings. The van der Waals surface area contributed by atoms with Crippen molar-refractivity contribution < 1.29 is 9.32 Å². The van der Waals surface area contributed by atoms with Crippen LogP contribution in [0.5, 0.6) is 0 Å². The van der Waals surface area contributed by atoms with E-state index in [1.807, 2.05) is 42.5 Å². The molecule has 0 fully saturated rings. The maximum absolute atomic E-state index is 12.5. The maximum atomic E-state index is 12.5. The van der Waals surface area contributed by atoms with Crippen molar-refractivity contribution >= 4 is 17.5 Å². The quantitative estimate of drug-likeness (QED) is 0.565. The van der Waals surface area contributed by atoms with Crippen LogP contribution in [0.15, 0.2) is 59.1 Å². The molecule has 0 bridgehead atoms. The number of carbonyl (C=O) groups is 1. The van der Waals surface area contributed by atoms with Crippen molar-refractivity contribution in [3.8, 4) is 11.4 Å². The van der Waals surface area contributed by atoms with Crippen LogP contribution in [0, 0.1) is 5.92 Å². The van der Waals surface area contributed by atoms with Gasteiger partial charge in [-0.1, -0.05) is 79.5 Å². The van der Waals surface area contributed by atoms with Crippen molar-refractivity contribution in [2.45, 2.75) is 39.2 Å². The van der Waals surface area contributed by atoms with Crippen LogP contribution in [0.4, 0.5) is 0 Å².